The van der Waals surface area contributed by atoms with E-state index in [-0.39, 0.29) is 23.7 Å². The predicted octanol–water partition coefficient (Wildman–Crippen LogP) is 2.41. The summed E-state index contributed by atoms with van der Waals surface area (Å²) in [6.45, 7) is 2.06. The lowest BCUT2D eigenvalue weighted by molar-refractivity contribution is -0.123. The van der Waals surface area contributed by atoms with Crippen LogP contribution < -0.4 is 10.1 Å². The van der Waals surface area contributed by atoms with Crippen LogP contribution in [-0.4, -0.2) is 27.7 Å². The van der Waals surface area contributed by atoms with Crippen molar-refractivity contribution in [3.8, 4) is 5.75 Å². The number of aromatic nitrogens is 3. The molecule has 0 bridgehead atoms. The van der Waals surface area contributed by atoms with Crippen molar-refractivity contribution in [2.24, 2.45) is 11.8 Å². The van der Waals surface area contributed by atoms with Crippen LogP contribution in [0.3, 0.4) is 0 Å². The second-order valence-corrected chi connectivity index (χ2v) is 6.12. The molecule has 4 rings (SSSR count). The van der Waals surface area contributed by atoms with Gasteiger partial charge in [-0.2, -0.15) is 10.1 Å². The molecule has 0 amide bonds. The molecule has 0 radical (unpaired) electrons. The number of ketones is 1. The fraction of sp³-hybridized carbons (Fsp3) is 0.353. The number of rotatable bonds is 2. The van der Waals surface area contributed by atoms with E-state index < -0.39 is 0 Å². The van der Waals surface area contributed by atoms with E-state index in [0.29, 0.717) is 12.4 Å². The number of ether oxygens (including phenoxy) is 1. The zero-order valence-electron chi connectivity index (χ0n) is 13.1. The third-order valence-electron chi connectivity index (χ3n) is 4.53. The molecule has 2 heterocycles. The van der Waals surface area contributed by atoms with Gasteiger partial charge in [-0.25, -0.2) is 4.68 Å². The van der Waals surface area contributed by atoms with Crippen molar-refractivity contribution in [1.82, 2.24) is 14.8 Å². The van der Waals surface area contributed by atoms with Crippen LogP contribution in [0, 0.1) is 11.8 Å². The Morgan fingerprint density at radius 2 is 2.09 bits per heavy atom. The lowest BCUT2D eigenvalue weighted by Crippen LogP contribution is -2.40. The van der Waals surface area contributed by atoms with E-state index in [1.54, 1.807) is 11.8 Å². The quantitative estimate of drug-likeness (QED) is 0.922. The average Bonchev–Trinajstić information content (AvgIpc) is 3.00. The summed E-state index contributed by atoms with van der Waals surface area (Å²) < 4.78 is 7.03. The highest BCUT2D eigenvalue weighted by molar-refractivity contribution is 5.87. The number of carbonyl (C=O) groups is 1. The highest BCUT2D eigenvalue weighted by Crippen LogP contribution is 2.42. The molecule has 1 aromatic carbocycles. The fourth-order valence-electron chi connectivity index (χ4n) is 3.50. The van der Waals surface area contributed by atoms with E-state index in [4.69, 9.17) is 4.74 Å². The first-order chi connectivity index (χ1) is 11.2. The molecule has 0 spiro atoms. The summed E-state index contributed by atoms with van der Waals surface area (Å²) in [4.78, 5) is 17.0. The van der Waals surface area contributed by atoms with Crippen LogP contribution in [-0.2, 0) is 4.79 Å². The molecule has 23 heavy (non-hydrogen) atoms. The van der Waals surface area contributed by atoms with E-state index in [1.165, 1.54) is 6.33 Å². The normalized spacial score (nSPS) is 25.9. The number of allylic oxidation sites excluding steroid dienone is 2. The molecule has 1 aliphatic carbocycles. The smallest absolute Gasteiger partial charge is 0.226 e. The Morgan fingerprint density at radius 3 is 2.83 bits per heavy atom. The third-order valence-corrected chi connectivity index (χ3v) is 4.53. The van der Waals surface area contributed by atoms with Gasteiger partial charge in [0.25, 0.3) is 0 Å². The molecule has 1 aromatic heterocycles. The van der Waals surface area contributed by atoms with Crippen LogP contribution in [0.25, 0.3) is 0 Å². The van der Waals surface area contributed by atoms with Gasteiger partial charge in [0.2, 0.25) is 5.95 Å². The molecular formula is C17H18N4O2. The van der Waals surface area contributed by atoms with Gasteiger partial charge in [-0.3, -0.25) is 4.79 Å². The minimum atomic E-state index is -0.242. The molecule has 0 fully saturated rings. The zero-order valence-corrected chi connectivity index (χ0v) is 13.1. The van der Waals surface area contributed by atoms with E-state index in [2.05, 4.69) is 28.4 Å². The van der Waals surface area contributed by atoms with Crippen molar-refractivity contribution in [2.75, 3.05) is 12.4 Å². The van der Waals surface area contributed by atoms with Gasteiger partial charge in [0.1, 0.15) is 17.9 Å². The van der Waals surface area contributed by atoms with E-state index >= 15 is 0 Å². The molecule has 0 unspecified atom stereocenters. The van der Waals surface area contributed by atoms with Crippen molar-refractivity contribution >= 4 is 11.7 Å². The standard InChI is InChI=1S/C17H18N4O2/c1-10-7-13-15(14(22)8-10)16(21-17(20-13)18-9-19-21)11-3-5-12(23-2)6-4-11/h3-7,9-10,15-16H,8H2,1-2H3,(H,18,19,20)/t10-,15+,16+/m0/s1. The number of fused-ring (bicyclic) bond motifs is 2. The largest absolute Gasteiger partial charge is 0.497 e. The topological polar surface area (TPSA) is 69.0 Å². The number of nitrogens with one attached hydrogen (secondary N) is 1. The molecule has 6 heteroatoms. The van der Waals surface area contributed by atoms with Gasteiger partial charge in [-0.15, -0.1) is 0 Å². The fourth-order valence-corrected chi connectivity index (χ4v) is 3.50. The zero-order chi connectivity index (χ0) is 16.0. The van der Waals surface area contributed by atoms with Gasteiger partial charge >= 0.3 is 0 Å². The lowest BCUT2D eigenvalue weighted by Gasteiger charge is -2.37. The van der Waals surface area contributed by atoms with Crippen molar-refractivity contribution in [2.45, 2.75) is 19.4 Å². The van der Waals surface area contributed by atoms with Gasteiger partial charge in [-0.05, 0) is 23.6 Å². The Labute approximate surface area is 134 Å². The molecule has 6 nitrogen and oxygen atoms in total. The predicted molar refractivity (Wildman–Crippen MR) is 85.1 cm³/mol. The second-order valence-electron chi connectivity index (χ2n) is 6.12. The number of anilines is 1. The Bertz CT molecular complexity index is 778. The van der Waals surface area contributed by atoms with Gasteiger partial charge in [-0.1, -0.05) is 25.1 Å². The summed E-state index contributed by atoms with van der Waals surface area (Å²) in [6, 6.07) is 7.62. The van der Waals surface area contributed by atoms with E-state index in [9.17, 15) is 4.79 Å². The Morgan fingerprint density at radius 1 is 1.30 bits per heavy atom. The van der Waals surface area contributed by atoms with Crippen LogP contribution in [0.2, 0.25) is 0 Å². The minimum absolute atomic E-state index is 0.175. The Hall–Kier alpha value is -2.63. The monoisotopic (exact) mass is 310 g/mol. The molecule has 0 saturated carbocycles. The molecule has 118 valence electrons. The van der Waals surface area contributed by atoms with Gasteiger partial charge < -0.3 is 10.1 Å². The molecule has 2 aromatic rings. The number of hydrogen-bond acceptors (Lipinski definition) is 5. The SMILES string of the molecule is COc1ccc([C@@H]2[C@H]3C(=O)C[C@@H](C)C=C3Nc3ncnn32)cc1. The second kappa shape index (κ2) is 5.22. The third kappa shape index (κ3) is 2.21. The number of nitrogens with zero attached hydrogens (tertiary/aromatic N) is 3. The van der Waals surface area contributed by atoms with Crippen molar-refractivity contribution in [3.05, 3.63) is 47.9 Å². The van der Waals surface area contributed by atoms with E-state index in [0.717, 1.165) is 17.0 Å². The molecule has 3 atom stereocenters. The summed E-state index contributed by atoms with van der Waals surface area (Å²) in [5.41, 5.74) is 1.97. The molecule has 0 saturated heterocycles. The summed E-state index contributed by atoms with van der Waals surface area (Å²) in [5, 5.41) is 7.60. The summed E-state index contributed by atoms with van der Waals surface area (Å²) in [7, 11) is 1.64. The number of benzene rings is 1. The lowest BCUT2D eigenvalue weighted by atomic mass is 9.78. The number of hydrogen-bond donors (Lipinski definition) is 1. The first kappa shape index (κ1) is 14.0. The van der Waals surface area contributed by atoms with Crippen molar-refractivity contribution < 1.29 is 9.53 Å². The summed E-state index contributed by atoms with van der Waals surface area (Å²) in [5.74, 6) is 1.71. The summed E-state index contributed by atoms with van der Waals surface area (Å²) >= 11 is 0. The highest BCUT2D eigenvalue weighted by atomic mass is 16.5. The van der Waals surface area contributed by atoms with Crippen LogP contribution in [0.4, 0.5) is 5.95 Å². The van der Waals surface area contributed by atoms with Gasteiger partial charge in [0.15, 0.2) is 0 Å². The van der Waals surface area contributed by atoms with Crippen LogP contribution in [0.1, 0.15) is 24.9 Å². The number of carbonyl (C=O) groups excluding carboxylic acids is 1. The molecule has 1 aliphatic heterocycles. The molecule has 1 N–H and O–H groups in total. The Balaban J connectivity index is 1.84. The highest BCUT2D eigenvalue weighted by Gasteiger charge is 2.42. The maximum absolute atomic E-state index is 12.7. The average molecular weight is 310 g/mol. The summed E-state index contributed by atoms with van der Waals surface area (Å²) in [6.07, 6.45) is 4.22. The maximum atomic E-state index is 12.7. The van der Waals surface area contributed by atoms with Crippen LogP contribution >= 0.6 is 0 Å². The first-order valence-corrected chi connectivity index (χ1v) is 7.72. The molecular weight excluding hydrogens is 292 g/mol. The Kier molecular flexibility index (Phi) is 3.18. The van der Waals surface area contributed by atoms with Crippen molar-refractivity contribution in [1.29, 1.82) is 0 Å². The number of methoxy groups -OCH3 is 1. The minimum Gasteiger partial charge on any atom is -0.497 e. The maximum Gasteiger partial charge on any atom is 0.226 e. The van der Waals surface area contributed by atoms with E-state index in [1.807, 2.05) is 24.3 Å². The van der Waals surface area contributed by atoms with Gasteiger partial charge in [0, 0.05) is 12.1 Å². The van der Waals surface area contributed by atoms with Crippen LogP contribution in [0.15, 0.2) is 42.4 Å². The van der Waals surface area contributed by atoms with Crippen LogP contribution in [0.5, 0.6) is 5.75 Å². The molecule has 2 aliphatic rings. The number of Topliss-reactive ketones (excluding diaryl/α,β-unsaturated/α-hetero) is 1. The van der Waals surface area contributed by atoms with Crippen molar-refractivity contribution in [3.63, 3.8) is 0 Å². The van der Waals surface area contributed by atoms with Gasteiger partial charge in [0.05, 0.1) is 19.1 Å². The first-order valence-electron chi connectivity index (χ1n) is 7.72.